The molecule has 2 saturated carbocycles. The number of hydrogen-bond donors (Lipinski definition) is 0. The van der Waals surface area contributed by atoms with Crippen LogP contribution in [0.2, 0.25) is 10.0 Å². The van der Waals surface area contributed by atoms with Gasteiger partial charge in [-0.15, -0.1) is 20.4 Å². The molecule has 0 amide bonds. The Kier molecular flexibility index (Phi) is 15.8. The molecule has 0 aromatic carbocycles. The number of halogens is 2. The predicted octanol–water partition coefficient (Wildman–Crippen LogP) is 6.36. The van der Waals surface area contributed by atoms with Crippen molar-refractivity contribution in [2.75, 3.05) is 41.7 Å². The third-order valence-electron chi connectivity index (χ3n) is 13.4. The lowest BCUT2D eigenvalue weighted by atomic mass is 10.1. The van der Waals surface area contributed by atoms with Crippen molar-refractivity contribution < 1.29 is 45.3 Å². The van der Waals surface area contributed by atoms with Crippen LogP contribution in [0.3, 0.4) is 0 Å². The molecule has 2 saturated heterocycles. The minimum Gasteiger partial charge on any atom is -0.382 e. The fourth-order valence-electron chi connectivity index (χ4n) is 9.27. The highest BCUT2D eigenvalue weighted by Gasteiger charge is 2.52. The van der Waals surface area contributed by atoms with E-state index in [-0.39, 0.29) is 57.6 Å². The quantitative estimate of drug-likeness (QED) is 0.0936. The van der Waals surface area contributed by atoms with Gasteiger partial charge < -0.3 is 37.6 Å². The topological polar surface area (TPSA) is 237 Å². The Morgan fingerprint density at radius 3 is 1.21 bits per heavy atom. The molecular weight excluding hydrogens is 964 g/mol. The summed E-state index contributed by atoms with van der Waals surface area (Å²) in [5.41, 5.74) is -1.22. The number of rotatable bonds is 20. The highest BCUT2D eigenvalue weighted by Crippen LogP contribution is 2.50. The standard InChI is InChI=1S/2C22H32ClN5O5S/c2*1-14(18(32-5)19-24-10-15(23)11-25-19)34(29,30)12-17-26-27-20(16-6-7-21(2,3)33-16)28(17)22(8-9-22)13-31-4/h2*10-11,14,16,18H,6-9,12-13H2,1-5H3/t14-,16+,18-;14-,16-,18-/m00/s1. The Balaban J connectivity index is 0.000000201. The van der Waals surface area contributed by atoms with Crippen molar-refractivity contribution in [2.45, 2.75) is 162 Å². The second-order valence-electron chi connectivity index (χ2n) is 19.6. The number of sulfone groups is 2. The van der Waals surface area contributed by atoms with Crippen molar-refractivity contribution in [3.8, 4) is 0 Å². The largest absolute Gasteiger partial charge is 0.382 e. The molecule has 0 spiro atoms. The van der Waals surface area contributed by atoms with E-state index in [9.17, 15) is 16.8 Å². The van der Waals surface area contributed by atoms with E-state index in [1.165, 1.54) is 39.0 Å². The molecule has 0 unspecified atom stereocenters. The molecule has 4 aliphatic rings. The van der Waals surface area contributed by atoms with Gasteiger partial charge in [-0.05, 0) is 92.9 Å². The van der Waals surface area contributed by atoms with Crippen molar-refractivity contribution in [3.63, 3.8) is 0 Å². The molecule has 2 aliphatic carbocycles. The Hall–Kier alpha value is -3.32. The second-order valence-corrected chi connectivity index (χ2v) is 25.2. The van der Waals surface area contributed by atoms with Crippen LogP contribution in [0.5, 0.6) is 0 Å². The first-order chi connectivity index (χ1) is 32.0. The molecule has 4 aromatic rings. The van der Waals surface area contributed by atoms with Gasteiger partial charge in [0.2, 0.25) is 0 Å². The summed E-state index contributed by atoms with van der Waals surface area (Å²) in [5.74, 6) is 2.03. The highest BCUT2D eigenvalue weighted by molar-refractivity contribution is 7.91. The normalized spacial score (nSPS) is 23.1. The molecule has 2 aliphatic heterocycles. The summed E-state index contributed by atoms with van der Waals surface area (Å²) in [7, 11) is -1.29. The third kappa shape index (κ3) is 11.4. The summed E-state index contributed by atoms with van der Waals surface area (Å²) in [6.07, 6.45) is 10.3. The van der Waals surface area contributed by atoms with Crippen LogP contribution in [0, 0.1) is 0 Å². The molecule has 6 heterocycles. The van der Waals surface area contributed by atoms with E-state index in [2.05, 4.69) is 40.3 Å². The molecule has 0 bridgehead atoms. The zero-order valence-corrected chi connectivity index (χ0v) is 43.5. The maximum absolute atomic E-state index is 13.5. The smallest absolute Gasteiger partial charge is 0.163 e. The number of nitrogens with zero attached hydrogens (tertiary/aromatic N) is 10. The Labute approximate surface area is 408 Å². The summed E-state index contributed by atoms with van der Waals surface area (Å²) in [4.78, 5) is 16.6. The first-order valence-corrected chi connectivity index (χ1v) is 26.9. The van der Waals surface area contributed by atoms with E-state index in [0.29, 0.717) is 46.6 Å². The maximum Gasteiger partial charge on any atom is 0.163 e. The number of aromatic nitrogens is 10. The van der Waals surface area contributed by atoms with E-state index < -0.39 is 42.4 Å². The number of methoxy groups -OCH3 is 4. The van der Waals surface area contributed by atoms with Gasteiger partial charge in [-0.3, -0.25) is 0 Å². The summed E-state index contributed by atoms with van der Waals surface area (Å²) >= 11 is 11.8. The van der Waals surface area contributed by atoms with Gasteiger partial charge in [-0.1, -0.05) is 23.2 Å². The Bertz CT molecular complexity index is 2410. The molecule has 24 heteroatoms. The van der Waals surface area contributed by atoms with Crippen LogP contribution in [0.15, 0.2) is 24.8 Å². The third-order valence-corrected chi connectivity index (χ3v) is 17.9. The average Bonchev–Trinajstić information content (AvgIpc) is 4.01. The zero-order chi connectivity index (χ0) is 49.5. The van der Waals surface area contributed by atoms with Crippen molar-refractivity contribution in [3.05, 3.63) is 69.8 Å². The zero-order valence-electron chi connectivity index (χ0n) is 40.4. The Morgan fingerprint density at radius 1 is 0.603 bits per heavy atom. The lowest BCUT2D eigenvalue weighted by Gasteiger charge is -2.25. The van der Waals surface area contributed by atoms with Crippen molar-refractivity contribution in [2.24, 2.45) is 0 Å². The van der Waals surface area contributed by atoms with Crippen molar-refractivity contribution >= 4 is 42.9 Å². The predicted molar refractivity (Wildman–Crippen MR) is 250 cm³/mol. The van der Waals surface area contributed by atoms with Crippen LogP contribution in [0.1, 0.15) is 152 Å². The van der Waals surface area contributed by atoms with E-state index in [0.717, 1.165) is 51.4 Å². The van der Waals surface area contributed by atoms with Crippen LogP contribution < -0.4 is 0 Å². The molecule has 376 valence electrons. The minimum atomic E-state index is -3.73. The van der Waals surface area contributed by atoms with E-state index in [4.69, 9.17) is 51.6 Å². The van der Waals surface area contributed by atoms with Crippen LogP contribution in [-0.2, 0) is 70.7 Å². The van der Waals surface area contributed by atoms with Crippen LogP contribution in [0.4, 0.5) is 0 Å². The van der Waals surface area contributed by atoms with Crippen LogP contribution in [-0.4, -0.2) is 130 Å². The molecule has 4 aromatic heterocycles. The molecule has 20 nitrogen and oxygen atoms in total. The van der Waals surface area contributed by atoms with E-state index in [1.54, 1.807) is 28.1 Å². The van der Waals surface area contributed by atoms with Gasteiger partial charge in [0.05, 0.1) is 56.0 Å². The fraction of sp³-hybridized carbons (Fsp3) is 0.727. The van der Waals surface area contributed by atoms with E-state index in [1.807, 2.05) is 36.8 Å². The second kappa shape index (κ2) is 20.4. The molecule has 68 heavy (non-hydrogen) atoms. The Morgan fingerprint density at radius 2 is 0.941 bits per heavy atom. The van der Waals surface area contributed by atoms with Gasteiger partial charge in [0.15, 0.2) is 43.0 Å². The average molecular weight is 1030 g/mol. The molecule has 8 rings (SSSR count). The van der Waals surface area contributed by atoms with Gasteiger partial charge in [0.1, 0.15) is 47.6 Å². The lowest BCUT2D eigenvalue weighted by molar-refractivity contribution is -0.0234. The number of hydrogen-bond acceptors (Lipinski definition) is 18. The van der Waals surface area contributed by atoms with Gasteiger partial charge in [0, 0.05) is 53.2 Å². The van der Waals surface area contributed by atoms with E-state index >= 15 is 0 Å². The molecule has 6 atom stereocenters. The summed E-state index contributed by atoms with van der Waals surface area (Å²) in [5, 5.41) is 16.4. The number of ether oxygens (including phenoxy) is 6. The first kappa shape index (κ1) is 52.5. The van der Waals surface area contributed by atoms with Crippen LogP contribution in [0.25, 0.3) is 0 Å². The van der Waals surface area contributed by atoms with Gasteiger partial charge in [0.25, 0.3) is 0 Å². The minimum absolute atomic E-state index is 0.236. The fourth-order valence-corrected chi connectivity index (χ4v) is 12.3. The lowest BCUT2D eigenvalue weighted by Crippen LogP contribution is -2.33. The summed E-state index contributed by atoms with van der Waals surface area (Å²) in [6, 6.07) is 0. The molecule has 0 radical (unpaired) electrons. The van der Waals surface area contributed by atoms with Gasteiger partial charge >= 0.3 is 0 Å². The SMILES string of the molecule is COCC1(n2c(CS(=O)(=O)[C@@H](C)[C@H](OC)c3ncc(Cl)cn3)nnc2[C@@H]2CCC(C)(C)O2)CC1.COCC1(n2c(CS(=O)(=O)[C@@H](C)[C@H](OC)c3ncc(Cl)cn3)nnc2[C@H]2CCC(C)(C)O2)CC1. The van der Waals surface area contributed by atoms with Gasteiger partial charge in [-0.25, -0.2) is 36.8 Å². The molecule has 0 N–H and O–H groups in total. The van der Waals surface area contributed by atoms with Crippen molar-refractivity contribution in [1.82, 2.24) is 49.5 Å². The van der Waals surface area contributed by atoms with Crippen molar-refractivity contribution in [1.29, 1.82) is 0 Å². The highest BCUT2D eigenvalue weighted by atomic mass is 35.5. The monoisotopic (exact) mass is 1030 g/mol. The maximum atomic E-state index is 13.5. The molecular formula is C44H64Cl2N10O10S2. The summed E-state index contributed by atoms with van der Waals surface area (Å²) in [6.45, 7) is 12.3. The molecule has 4 fully saturated rings. The summed E-state index contributed by atoms with van der Waals surface area (Å²) < 4.78 is 92.5. The van der Waals surface area contributed by atoms with Gasteiger partial charge in [-0.2, -0.15) is 0 Å². The van der Waals surface area contributed by atoms with Crippen LogP contribution >= 0.6 is 23.2 Å². The first-order valence-electron chi connectivity index (χ1n) is 22.7.